The maximum atomic E-state index is 12.1. The summed E-state index contributed by atoms with van der Waals surface area (Å²) in [7, 11) is 0. The molecule has 1 aliphatic heterocycles. The second kappa shape index (κ2) is 6.39. The molecule has 0 unspecified atom stereocenters. The second-order valence-corrected chi connectivity index (χ2v) is 8.13. The number of carboxylic acids is 2. The molecule has 0 fully saturated rings. The summed E-state index contributed by atoms with van der Waals surface area (Å²) in [5.41, 5.74) is 4.91. The Morgan fingerprint density at radius 2 is 1.71 bits per heavy atom. The molecule has 1 aliphatic rings. The summed E-state index contributed by atoms with van der Waals surface area (Å²) in [4.78, 5) is 44.7. The SMILES string of the molecule is CC1(C)SC(C(=O)O)=C(C(=O)N[C@@H](CC(N)=O)C(=O)O)S1. The fourth-order valence-corrected chi connectivity index (χ4v) is 4.02. The molecule has 1 atom stereocenters. The number of nitrogens with two attached hydrogens (primary N) is 1. The maximum Gasteiger partial charge on any atom is 0.343 e. The minimum atomic E-state index is -1.49. The van der Waals surface area contributed by atoms with E-state index >= 15 is 0 Å². The third-order valence-electron chi connectivity index (χ3n) is 2.31. The molecule has 1 heterocycles. The van der Waals surface area contributed by atoms with E-state index in [1.807, 2.05) is 0 Å². The van der Waals surface area contributed by atoms with Gasteiger partial charge in [-0.1, -0.05) is 11.8 Å². The summed E-state index contributed by atoms with van der Waals surface area (Å²) < 4.78 is -0.553. The molecule has 0 aromatic heterocycles. The van der Waals surface area contributed by atoms with Gasteiger partial charge in [-0.3, -0.25) is 9.59 Å². The van der Waals surface area contributed by atoms with Crippen molar-refractivity contribution < 1.29 is 29.4 Å². The van der Waals surface area contributed by atoms with E-state index in [1.54, 1.807) is 13.8 Å². The number of carboxylic acid groups (broad SMARTS) is 2. The maximum absolute atomic E-state index is 12.1. The van der Waals surface area contributed by atoms with Crippen LogP contribution in [0.2, 0.25) is 0 Å². The van der Waals surface area contributed by atoms with Gasteiger partial charge < -0.3 is 21.3 Å². The van der Waals surface area contributed by atoms with E-state index in [1.165, 1.54) is 0 Å². The summed E-state index contributed by atoms with van der Waals surface area (Å²) >= 11 is 2.03. The van der Waals surface area contributed by atoms with Gasteiger partial charge in [0.15, 0.2) is 0 Å². The second-order valence-electron chi connectivity index (χ2n) is 4.60. The molecule has 0 aromatic rings. The first-order chi connectivity index (χ1) is 9.53. The zero-order chi connectivity index (χ0) is 16.4. The summed E-state index contributed by atoms with van der Waals surface area (Å²) in [5.74, 6) is -4.41. The number of thioether (sulfide) groups is 2. The van der Waals surface area contributed by atoms with Crippen molar-refractivity contribution in [2.45, 2.75) is 30.4 Å². The zero-order valence-corrected chi connectivity index (χ0v) is 12.8. The highest BCUT2D eigenvalue weighted by Gasteiger charge is 2.39. The number of amides is 2. The molecular formula is C11H14N2O6S2. The van der Waals surface area contributed by atoms with Crippen LogP contribution in [0.4, 0.5) is 0 Å². The Kier molecular flexibility index (Phi) is 5.29. The Balaban J connectivity index is 2.95. The molecule has 116 valence electrons. The Morgan fingerprint density at radius 1 is 1.19 bits per heavy atom. The summed E-state index contributed by atoms with van der Waals surface area (Å²) in [6, 6.07) is -1.49. The number of rotatable bonds is 6. The molecule has 5 N–H and O–H groups in total. The quantitative estimate of drug-likeness (QED) is 0.528. The lowest BCUT2D eigenvalue weighted by Crippen LogP contribution is -2.43. The molecule has 2 amide bonds. The van der Waals surface area contributed by atoms with Crippen molar-refractivity contribution >= 4 is 47.3 Å². The average Bonchev–Trinajstić information content (AvgIpc) is 2.64. The van der Waals surface area contributed by atoms with Crippen molar-refractivity contribution in [1.82, 2.24) is 5.32 Å². The highest BCUT2D eigenvalue weighted by atomic mass is 32.2. The van der Waals surface area contributed by atoms with Crippen LogP contribution in [0.5, 0.6) is 0 Å². The normalized spacial score (nSPS) is 18.2. The van der Waals surface area contributed by atoms with Crippen molar-refractivity contribution in [1.29, 1.82) is 0 Å². The van der Waals surface area contributed by atoms with Gasteiger partial charge in [0.2, 0.25) is 5.91 Å². The van der Waals surface area contributed by atoms with Crippen molar-refractivity contribution in [2.24, 2.45) is 5.73 Å². The van der Waals surface area contributed by atoms with Crippen LogP contribution in [-0.4, -0.2) is 44.1 Å². The fraction of sp³-hybridized carbons (Fsp3) is 0.455. The Bertz CT molecular complexity index is 543. The molecular weight excluding hydrogens is 320 g/mol. The van der Waals surface area contributed by atoms with Gasteiger partial charge in [-0.25, -0.2) is 9.59 Å². The van der Waals surface area contributed by atoms with E-state index in [-0.39, 0.29) is 9.81 Å². The average molecular weight is 334 g/mol. The summed E-state index contributed by atoms with van der Waals surface area (Å²) in [6.07, 6.45) is -0.571. The number of primary amides is 1. The number of carbonyl (C=O) groups is 4. The van der Waals surface area contributed by atoms with Gasteiger partial charge in [-0.15, -0.1) is 11.8 Å². The van der Waals surface area contributed by atoms with Gasteiger partial charge in [0.1, 0.15) is 10.9 Å². The predicted molar refractivity (Wildman–Crippen MR) is 77.3 cm³/mol. The summed E-state index contributed by atoms with van der Waals surface area (Å²) in [6.45, 7) is 3.48. The lowest BCUT2D eigenvalue weighted by atomic mass is 10.2. The molecule has 21 heavy (non-hydrogen) atoms. The van der Waals surface area contributed by atoms with Gasteiger partial charge in [0, 0.05) is 0 Å². The van der Waals surface area contributed by atoms with Crippen LogP contribution in [0.1, 0.15) is 20.3 Å². The number of aliphatic carboxylic acids is 2. The van der Waals surface area contributed by atoms with Crippen molar-refractivity contribution in [3.8, 4) is 0 Å². The Labute approximate surface area is 128 Å². The van der Waals surface area contributed by atoms with Gasteiger partial charge in [-0.05, 0) is 13.8 Å². The van der Waals surface area contributed by atoms with Crippen LogP contribution in [0.3, 0.4) is 0 Å². The van der Waals surface area contributed by atoms with Crippen LogP contribution in [-0.2, 0) is 19.2 Å². The van der Waals surface area contributed by atoms with Crippen LogP contribution in [0.25, 0.3) is 0 Å². The van der Waals surface area contributed by atoms with Crippen LogP contribution >= 0.6 is 23.5 Å². The molecule has 0 spiro atoms. The standard InChI is InChI=1S/C11H14N2O6S2/c1-11(2)20-6(7(21-11)10(18)19)8(15)13-4(9(16)17)3-5(12)14/h4H,3H2,1-2H3,(H2,12,14)(H,13,15)(H,16,17)(H,18,19)/t4-/m0/s1. The first-order valence-electron chi connectivity index (χ1n) is 5.71. The molecule has 1 rings (SSSR count). The summed E-state index contributed by atoms with van der Waals surface area (Å²) in [5, 5.41) is 20.1. The topological polar surface area (TPSA) is 147 Å². The van der Waals surface area contributed by atoms with E-state index in [9.17, 15) is 19.2 Å². The molecule has 0 radical (unpaired) electrons. The van der Waals surface area contributed by atoms with Gasteiger partial charge in [0.05, 0.1) is 15.4 Å². The highest BCUT2D eigenvalue weighted by molar-refractivity contribution is 8.25. The predicted octanol–water partition coefficient (Wildman–Crippen LogP) is -0.0565. The van der Waals surface area contributed by atoms with E-state index < -0.39 is 40.3 Å². The number of nitrogens with one attached hydrogen (secondary N) is 1. The Hall–Kier alpha value is -1.68. The van der Waals surface area contributed by atoms with Crippen LogP contribution < -0.4 is 11.1 Å². The van der Waals surface area contributed by atoms with Gasteiger partial charge >= 0.3 is 11.9 Å². The van der Waals surface area contributed by atoms with Crippen molar-refractivity contribution in [2.75, 3.05) is 0 Å². The molecule has 0 aliphatic carbocycles. The fourth-order valence-electron chi connectivity index (χ4n) is 1.52. The lowest BCUT2D eigenvalue weighted by Gasteiger charge is -2.16. The van der Waals surface area contributed by atoms with Crippen molar-refractivity contribution in [3.05, 3.63) is 9.81 Å². The molecule has 0 bridgehead atoms. The van der Waals surface area contributed by atoms with Crippen molar-refractivity contribution in [3.63, 3.8) is 0 Å². The van der Waals surface area contributed by atoms with Crippen LogP contribution in [0, 0.1) is 0 Å². The first kappa shape index (κ1) is 17.4. The monoisotopic (exact) mass is 334 g/mol. The molecule has 0 saturated carbocycles. The third kappa shape index (κ3) is 4.67. The van der Waals surface area contributed by atoms with Crippen LogP contribution in [0.15, 0.2) is 9.81 Å². The lowest BCUT2D eigenvalue weighted by molar-refractivity contribution is -0.142. The number of carbonyl (C=O) groups excluding carboxylic acids is 2. The minimum absolute atomic E-state index is 0.0757. The molecule has 10 heteroatoms. The first-order valence-corrected chi connectivity index (χ1v) is 7.34. The third-order valence-corrected chi connectivity index (χ3v) is 5.10. The smallest absolute Gasteiger partial charge is 0.343 e. The molecule has 0 aromatic carbocycles. The zero-order valence-electron chi connectivity index (χ0n) is 11.2. The van der Waals surface area contributed by atoms with Gasteiger partial charge in [0.25, 0.3) is 5.91 Å². The van der Waals surface area contributed by atoms with E-state index in [0.717, 1.165) is 23.5 Å². The largest absolute Gasteiger partial charge is 0.480 e. The van der Waals surface area contributed by atoms with E-state index in [4.69, 9.17) is 15.9 Å². The molecule has 0 saturated heterocycles. The Morgan fingerprint density at radius 3 is 2.14 bits per heavy atom. The van der Waals surface area contributed by atoms with Gasteiger partial charge in [-0.2, -0.15) is 0 Å². The minimum Gasteiger partial charge on any atom is -0.480 e. The number of hydrogen-bond donors (Lipinski definition) is 4. The van der Waals surface area contributed by atoms with E-state index in [0.29, 0.717) is 0 Å². The molecule has 8 nitrogen and oxygen atoms in total. The van der Waals surface area contributed by atoms with E-state index in [2.05, 4.69) is 5.32 Å². The number of hydrogen-bond acceptors (Lipinski definition) is 6. The highest BCUT2D eigenvalue weighted by Crippen LogP contribution is 2.53.